The average molecular weight is 192 g/mol. The molecule has 0 saturated carbocycles. The lowest BCUT2D eigenvalue weighted by Crippen LogP contribution is -2.25. The lowest BCUT2D eigenvalue weighted by Gasteiger charge is -2.14. The zero-order valence-corrected chi connectivity index (χ0v) is 8.24. The Balaban J connectivity index is 1.61. The van der Waals surface area contributed by atoms with Gasteiger partial charge in [-0.2, -0.15) is 0 Å². The molecule has 2 atom stereocenters. The molecule has 0 radical (unpaired) electrons. The molecule has 0 aliphatic carbocycles. The maximum absolute atomic E-state index is 4.26. The van der Waals surface area contributed by atoms with Gasteiger partial charge in [0.1, 0.15) is 5.82 Å². The highest BCUT2D eigenvalue weighted by Crippen LogP contribution is 2.26. The number of aromatic amines is 1. The molecule has 2 aliphatic heterocycles. The Bertz CT molecular complexity index is 283. The second kappa shape index (κ2) is 3.37. The third-order valence-electron chi connectivity index (χ3n) is 3.39. The first kappa shape index (κ1) is 8.44. The molecule has 1 aromatic rings. The largest absolute Gasteiger partial charge is 0.348 e. The molecule has 0 aromatic carbocycles. The highest BCUT2D eigenvalue weighted by Gasteiger charge is 2.35. The summed E-state index contributed by atoms with van der Waals surface area (Å²) in [6.45, 7) is 5.87. The topological polar surface area (TPSA) is 44.0 Å². The van der Waals surface area contributed by atoms with Crippen LogP contribution in [0.4, 0.5) is 0 Å². The van der Waals surface area contributed by atoms with Crippen molar-refractivity contribution in [2.75, 3.05) is 26.2 Å². The summed E-state index contributed by atoms with van der Waals surface area (Å²) in [4.78, 5) is 9.93. The van der Waals surface area contributed by atoms with Crippen LogP contribution in [0.5, 0.6) is 0 Å². The molecule has 14 heavy (non-hydrogen) atoms. The predicted molar refractivity (Wildman–Crippen MR) is 53.7 cm³/mol. The second-order valence-corrected chi connectivity index (χ2v) is 4.41. The van der Waals surface area contributed by atoms with Crippen molar-refractivity contribution in [1.29, 1.82) is 0 Å². The standard InChI is InChI=1S/C10H16N4/c1-2-13-10(12-1)7-14-5-8-3-11-4-9(8)6-14/h1-2,8-9,11H,3-7H2,(H,12,13)/t8-,9+. The van der Waals surface area contributed by atoms with Crippen molar-refractivity contribution in [3.8, 4) is 0 Å². The maximum atomic E-state index is 4.26. The van der Waals surface area contributed by atoms with Crippen molar-refractivity contribution in [3.05, 3.63) is 18.2 Å². The van der Waals surface area contributed by atoms with E-state index in [0.29, 0.717) is 0 Å². The van der Waals surface area contributed by atoms with Gasteiger partial charge in [0.15, 0.2) is 0 Å². The number of nitrogens with zero attached hydrogens (tertiary/aromatic N) is 2. The molecule has 0 spiro atoms. The predicted octanol–water partition coefficient (Wildman–Crippen LogP) is 0.0609. The van der Waals surface area contributed by atoms with Gasteiger partial charge in [-0.3, -0.25) is 4.90 Å². The van der Waals surface area contributed by atoms with Crippen LogP contribution in [-0.4, -0.2) is 41.0 Å². The van der Waals surface area contributed by atoms with Gasteiger partial charge in [-0.25, -0.2) is 4.98 Å². The quantitative estimate of drug-likeness (QED) is 0.696. The molecule has 0 bridgehead atoms. The Kier molecular flexibility index (Phi) is 2.03. The first-order valence-corrected chi connectivity index (χ1v) is 5.33. The van der Waals surface area contributed by atoms with Crippen molar-refractivity contribution in [2.45, 2.75) is 6.54 Å². The van der Waals surface area contributed by atoms with Crippen molar-refractivity contribution in [2.24, 2.45) is 11.8 Å². The summed E-state index contributed by atoms with van der Waals surface area (Å²) in [5.41, 5.74) is 0. The smallest absolute Gasteiger partial charge is 0.120 e. The minimum Gasteiger partial charge on any atom is -0.348 e. The number of hydrogen-bond acceptors (Lipinski definition) is 3. The van der Waals surface area contributed by atoms with E-state index < -0.39 is 0 Å². The first-order chi connectivity index (χ1) is 6.92. The second-order valence-electron chi connectivity index (χ2n) is 4.41. The monoisotopic (exact) mass is 192 g/mol. The van der Waals surface area contributed by atoms with Gasteiger partial charge in [0, 0.05) is 25.5 Å². The van der Waals surface area contributed by atoms with Gasteiger partial charge in [0.2, 0.25) is 0 Å². The lowest BCUT2D eigenvalue weighted by atomic mass is 10.0. The molecular weight excluding hydrogens is 176 g/mol. The van der Waals surface area contributed by atoms with Gasteiger partial charge < -0.3 is 10.3 Å². The van der Waals surface area contributed by atoms with E-state index in [4.69, 9.17) is 0 Å². The van der Waals surface area contributed by atoms with E-state index in [0.717, 1.165) is 24.2 Å². The summed E-state index contributed by atoms with van der Waals surface area (Å²) in [6.07, 6.45) is 3.72. The van der Waals surface area contributed by atoms with Crippen LogP contribution in [0.3, 0.4) is 0 Å². The number of imidazole rings is 1. The summed E-state index contributed by atoms with van der Waals surface area (Å²) in [6, 6.07) is 0. The minimum atomic E-state index is 0.880. The van der Waals surface area contributed by atoms with Crippen LogP contribution in [0.1, 0.15) is 5.82 Å². The molecule has 3 rings (SSSR count). The maximum Gasteiger partial charge on any atom is 0.120 e. The van der Waals surface area contributed by atoms with Crippen molar-refractivity contribution in [3.63, 3.8) is 0 Å². The van der Waals surface area contributed by atoms with Crippen molar-refractivity contribution in [1.82, 2.24) is 20.2 Å². The van der Waals surface area contributed by atoms with Crippen LogP contribution < -0.4 is 5.32 Å². The SMILES string of the molecule is c1c[nH]c(CN2C[C@H]3CNC[C@H]3C2)n1. The number of H-pyrrole nitrogens is 1. The van der Waals surface area contributed by atoms with Crippen LogP contribution in [-0.2, 0) is 6.54 Å². The molecule has 4 heteroatoms. The summed E-state index contributed by atoms with van der Waals surface area (Å²) < 4.78 is 0. The Hall–Kier alpha value is -0.870. The van der Waals surface area contributed by atoms with E-state index in [-0.39, 0.29) is 0 Å². The summed E-state index contributed by atoms with van der Waals surface area (Å²) in [5.74, 6) is 2.85. The molecule has 0 amide bonds. The van der Waals surface area contributed by atoms with Crippen molar-refractivity contribution >= 4 is 0 Å². The molecule has 2 aliphatic rings. The van der Waals surface area contributed by atoms with Gasteiger partial charge in [0.25, 0.3) is 0 Å². The van der Waals surface area contributed by atoms with E-state index in [9.17, 15) is 0 Å². The fourth-order valence-electron chi connectivity index (χ4n) is 2.68. The van der Waals surface area contributed by atoms with Crippen LogP contribution in [0.15, 0.2) is 12.4 Å². The fraction of sp³-hybridized carbons (Fsp3) is 0.700. The molecule has 1 aromatic heterocycles. The zero-order valence-electron chi connectivity index (χ0n) is 8.24. The number of aromatic nitrogens is 2. The third kappa shape index (κ3) is 1.44. The normalized spacial score (nSPS) is 32.3. The zero-order chi connectivity index (χ0) is 9.38. The molecule has 2 N–H and O–H groups in total. The van der Waals surface area contributed by atoms with Gasteiger partial charge >= 0.3 is 0 Å². The highest BCUT2D eigenvalue weighted by molar-refractivity contribution is 4.94. The van der Waals surface area contributed by atoms with E-state index in [1.165, 1.54) is 26.2 Å². The minimum absolute atomic E-state index is 0.880. The molecule has 76 valence electrons. The van der Waals surface area contributed by atoms with Gasteiger partial charge in [0.05, 0.1) is 6.54 Å². The summed E-state index contributed by atoms with van der Waals surface area (Å²) in [7, 11) is 0. The molecular formula is C10H16N4. The Labute approximate surface area is 83.7 Å². The Morgan fingerprint density at radius 2 is 2.14 bits per heavy atom. The number of hydrogen-bond donors (Lipinski definition) is 2. The Morgan fingerprint density at radius 1 is 1.36 bits per heavy atom. The molecule has 2 fully saturated rings. The number of likely N-dealkylation sites (tertiary alicyclic amines) is 1. The number of fused-ring (bicyclic) bond motifs is 1. The summed E-state index contributed by atoms with van der Waals surface area (Å²) >= 11 is 0. The van der Waals surface area contributed by atoms with E-state index >= 15 is 0 Å². The molecule has 4 nitrogen and oxygen atoms in total. The molecule has 2 saturated heterocycles. The molecule has 0 unspecified atom stereocenters. The number of rotatable bonds is 2. The van der Waals surface area contributed by atoms with E-state index in [1.54, 1.807) is 0 Å². The first-order valence-electron chi connectivity index (χ1n) is 5.33. The van der Waals surface area contributed by atoms with Crippen LogP contribution >= 0.6 is 0 Å². The van der Waals surface area contributed by atoms with Gasteiger partial charge in [-0.1, -0.05) is 0 Å². The highest BCUT2D eigenvalue weighted by atomic mass is 15.2. The fourth-order valence-corrected chi connectivity index (χ4v) is 2.68. The lowest BCUT2D eigenvalue weighted by molar-refractivity contribution is 0.299. The third-order valence-corrected chi connectivity index (χ3v) is 3.39. The average Bonchev–Trinajstić information content (AvgIpc) is 2.78. The van der Waals surface area contributed by atoms with E-state index in [2.05, 4.69) is 20.2 Å². The Morgan fingerprint density at radius 3 is 2.79 bits per heavy atom. The molecule has 3 heterocycles. The van der Waals surface area contributed by atoms with Crippen LogP contribution in [0.25, 0.3) is 0 Å². The van der Waals surface area contributed by atoms with Gasteiger partial charge in [-0.05, 0) is 24.9 Å². The summed E-state index contributed by atoms with van der Waals surface area (Å²) in [5, 5.41) is 3.45. The van der Waals surface area contributed by atoms with Crippen LogP contribution in [0.2, 0.25) is 0 Å². The van der Waals surface area contributed by atoms with Gasteiger partial charge in [-0.15, -0.1) is 0 Å². The van der Waals surface area contributed by atoms with Crippen LogP contribution in [0, 0.1) is 11.8 Å². The number of nitrogens with one attached hydrogen (secondary N) is 2. The van der Waals surface area contributed by atoms with E-state index in [1.807, 2.05) is 12.4 Å². The van der Waals surface area contributed by atoms with Crippen molar-refractivity contribution < 1.29 is 0 Å².